The second kappa shape index (κ2) is 10.9. The Morgan fingerprint density at radius 3 is 2.78 bits per heavy atom. The van der Waals surface area contributed by atoms with Crippen molar-refractivity contribution >= 4 is 39.8 Å². The van der Waals surface area contributed by atoms with E-state index in [1.807, 2.05) is 18.5 Å². The van der Waals surface area contributed by atoms with E-state index < -0.39 is 5.97 Å². The zero-order valence-electron chi connectivity index (χ0n) is 20.0. The highest BCUT2D eigenvalue weighted by Crippen LogP contribution is 2.35. The third-order valence-electron chi connectivity index (χ3n) is 6.78. The summed E-state index contributed by atoms with van der Waals surface area (Å²) in [6, 6.07) is 10.9. The van der Waals surface area contributed by atoms with E-state index in [9.17, 15) is 9.90 Å². The van der Waals surface area contributed by atoms with Crippen LogP contribution in [0.5, 0.6) is 11.5 Å². The number of hydrogen-bond donors (Lipinski definition) is 1. The van der Waals surface area contributed by atoms with Gasteiger partial charge in [0.25, 0.3) is 0 Å². The zero-order valence-corrected chi connectivity index (χ0v) is 21.6. The molecule has 1 aromatic carbocycles. The number of carbonyl (C=O) groups is 1. The number of thiophene rings is 1. The molecule has 0 unspecified atom stereocenters. The van der Waals surface area contributed by atoms with E-state index in [0.717, 1.165) is 48.9 Å². The molecule has 0 atom stereocenters. The van der Waals surface area contributed by atoms with Gasteiger partial charge in [-0.15, -0.1) is 11.3 Å². The maximum atomic E-state index is 11.5. The molecule has 36 heavy (non-hydrogen) atoms. The van der Waals surface area contributed by atoms with Crippen LogP contribution in [0.15, 0.2) is 55.0 Å². The molecule has 188 valence electrons. The van der Waals surface area contributed by atoms with E-state index in [-0.39, 0.29) is 5.56 Å². The minimum Gasteiger partial charge on any atom is -0.497 e. The fourth-order valence-corrected chi connectivity index (χ4v) is 5.99. The summed E-state index contributed by atoms with van der Waals surface area (Å²) in [5.41, 5.74) is 2.68. The Morgan fingerprint density at radius 2 is 2.06 bits per heavy atom. The Labute approximate surface area is 218 Å². The predicted octanol–water partition coefficient (Wildman–Crippen LogP) is 5.76. The average molecular weight is 526 g/mol. The fourth-order valence-electron chi connectivity index (χ4n) is 4.90. The molecule has 0 spiro atoms. The molecule has 0 radical (unpaired) electrons. The Morgan fingerprint density at radius 1 is 1.22 bits per heavy atom. The van der Waals surface area contributed by atoms with Crippen molar-refractivity contribution in [2.45, 2.75) is 25.3 Å². The van der Waals surface area contributed by atoms with Crippen molar-refractivity contribution in [2.75, 3.05) is 33.4 Å². The van der Waals surface area contributed by atoms with Crippen LogP contribution in [0.4, 0.5) is 0 Å². The number of likely N-dealkylation sites (tertiary alicyclic amines) is 1. The van der Waals surface area contributed by atoms with E-state index in [1.54, 1.807) is 30.6 Å². The standard InChI is InChI=1S/C27H28ClN3O4S/c1-34-19-2-4-22(27(32)33)25(14-19)35-13-12-30-10-7-18(8-11-30)23-17-31(16-20-3-5-26(28)36-20)24-15-29-9-6-21(23)24/h2-6,9,14-15,17-18H,7-8,10-13,16H2,1H3,(H,32,33). The number of halogens is 1. The van der Waals surface area contributed by atoms with Crippen molar-refractivity contribution in [1.29, 1.82) is 0 Å². The molecular formula is C27H28ClN3O4S. The van der Waals surface area contributed by atoms with Crippen LogP contribution in [-0.4, -0.2) is 58.9 Å². The summed E-state index contributed by atoms with van der Waals surface area (Å²) in [6.45, 7) is 3.89. The monoisotopic (exact) mass is 525 g/mol. The maximum Gasteiger partial charge on any atom is 0.339 e. The summed E-state index contributed by atoms with van der Waals surface area (Å²) >= 11 is 7.76. The highest BCUT2D eigenvalue weighted by Gasteiger charge is 2.24. The van der Waals surface area contributed by atoms with Crippen molar-refractivity contribution in [3.63, 3.8) is 0 Å². The van der Waals surface area contributed by atoms with Crippen LogP contribution >= 0.6 is 22.9 Å². The summed E-state index contributed by atoms with van der Waals surface area (Å²) < 4.78 is 14.2. The molecule has 1 fully saturated rings. The molecule has 9 heteroatoms. The van der Waals surface area contributed by atoms with Crippen LogP contribution in [0.2, 0.25) is 4.34 Å². The first-order valence-corrected chi connectivity index (χ1v) is 13.1. The number of nitrogens with zero attached hydrogens (tertiary/aromatic N) is 3. The van der Waals surface area contributed by atoms with Crippen molar-refractivity contribution in [2.24, 2.45) is 0 Å². The minimum absolute atomic E-state index is 0.144. The lowest BCUT2D eigenvalue weighted by atomic mass is 9.89. The van der Waals surface area contributed by atoms with E-state index in [4.69, 9.17) is 21.1 Å². The number of aromatic nitrogens is 2. The summed E-state index contributed by atoms with van der Waals surface area (Å²) in [5, 5.41) is 10.7. The minimum atomic E-state index is -1.01. The molecule has 3 aromatic heterocycles. The van der Waals surface area contributed by atoms with Gasteiger partial charge in [0.1, 0.15) is 23.7 Å². The maximum absolute atomic E-state index is 11.5. The molecule has 5 rings (SSSR count). The predicted molar refractivity (Wildman–Crippen MR) is 142 cm³/mol. The first-order valence-electron chi connectivity index (χ1n) is 12.0. The van der Waals surface area contributed by atoms with Gasteiger partial charge in [0.15, 0.2) is 0 Å². The van der Waals surface area contributed by atoms with Crippen molar-refractivity contribution < 1.29 is 19.4 Å². The van der Waals surface area contributed by atoms with Crippen molar-refractivity contribution in [3.8, 4) is 11.5 Å². The lowest BCUT2D eigenvalue weighted by Gasteiger charge is -2.31. The number of aromatic carboxylic acids is 1. The van der Waals surface area contributed by atoms with E-state index in [1.165, 1.54) is 21.9 Å². The molecular weight excluding hydrogens is 498 g/mol. The quantitative estimate of drug-likeness (QED) is 0.299. The molecule has 0 saturated carbocycles. The summed E-state index contributed by atoms with van der Waals surface area (Å²) in [5.74, 6) is 0.389. The first-order chi connectivity index (χ1) is 17.5. The highest BCUT2D eigenvalue weighted by molar-refractivity contribution is 7.16. The second-order valence-electron chi connectivity index (χ2n) is 8.94. The number of benzene rings is 1. The fraction of sp³-hybridized carbons (Fsp3) is 0.333. The van der Waals surface area contributed by atoms with Crippen LogP contribution in [0.3, 0.4) is 0 Å². The Kier molecular flexibility index (Phi) is 7.46. The second-order valence-corrected chi connectivity index (χ2v) is 10.7. The third-order valence-corrected chi connectivity index (χ3v) is 8.00. The molecule has 1 aliphatic heterocycles. The number of hydrogen-bond acceptors (Lipinski definition) is 6. The summed E-state index contributed by atoms with van der Waals surface area (Å²) in [4.78, 5) is 19.5. The van der Waals surface area contributed by atoms with Crippen LogP contribution in [-0.2, 0) is 6.54 Å². The van der Waals surface area contributed by atoms with Gasteiger partial charge < -0.3 is 19.1 Å². The van der Waals surface area contributed by atoms with Gasteiger partial charge >= 0.3 is 5.97 Å². The number of ether oxygens (including phenoxy) is 2. The van der Waals surface area contributed by atoms with Gasteiger partial charge in [-0.1, -0.05) is 11.6 Å². The van der Waals surface area contributed by atoms with E-state index in [2.05, 4.69) is 32.8 Å². The van der Waals surface area contributed by atoms with Crippen LogP contribution in [0, 0.1) is 0 Å². The topological polar surface area (TPSA) is 76.8 Å². The molecule has 0 aliphatic carbocycles. The number of fused-ring (bicyclic) bond motifs is 1. The van der Waals surface area contributed by atoms with Gasteiger partial charge in [0.2, 0.25) is 0 Å². The van der Waals surface area contributed by atoms with E-state index >= 15 is 0 Å². The Balaban J connectivity index is 1.21. The van der Waals surface area contributed by atoms with Crippen LogP contribution in [0.1, 0.15) is 39.6 Å². The molecule has 1 N–H and O–H groups in total. The summed E-state index contributed by atoms with van der Waals surface area (Å²) in [7, 11) is 1.55. The van der Waals surface area contributed by atoms with Gasteiger partial charge in [0, 0.05) is 35.3 Å². The molecule has 1 saturated heterocycles. The average Bonchev–Trinajstić information content (AvgIpc) is 3.47. The first kappa shape index (κ1) is 24.6. The third kappa shape index (κ3) is 5.36. The SMILES string of the molecule is COc1ccc(C(=O)O)c(OCCN2CCC(c3cn(Cc4ccc(Cl)s4)c4cnccc34)CC2)c1. The number of piperidine rings is 1. The Hall–Kier alpha value is -3.07. The van der Waals surface area contributed by atoms with Gasteiger partial charge in [0.05, 0.1) is 29.7 Å². The number of rotatable bonds is 9. The molecule has 0 bridgehead atoms. The summed E-state index contributed by atoms with van der Waals surface area (Å²) in [6.07, 6.45) is 8.23. The van der Waals surface area contributed by atoms with Crippen LogP contribution < -0.4 is 9.47 Å². The molecule has 1 aliphatic rings. The zero-order chi connectivity index (χ0) is 25.1. The van der Waals surface area contributed by atoms with Gasteiger partial charge in [-0.2, -0.15) is 0 Å². The van der Waals surface area contributed by atoms with Crippen molar-refractivity contribution in [3.05, 3.63) is 75.3 Å². The molecule has 7 nitrogen and oxygen atoms in total. The number of pyridine rings is 1. The van der Waals surface area contributed by atoms with Crippen LogP contribution in [0.25, 0.3) is 10.9 Å². The lowest BCUT2D eigenvalue weighted by molar-refractivity contribution is 0.0691. The van der Waals surface area contributed by atoms with Gasteiger partial charge in [-0.05, 0) is 67.7 Å². The normalized spacial score (nSPS) is 14.8. The molecule has 4 heterocycles. The highest BCUT2D eigenvalue weighted by atomic mass is 35.5. The van der Waals surface area contributed by atoms with Gasteiger partial charge in [-0.25, -0.2) is 4.79 Å². The number of carboxylic acids is 1. The van der Waals surface area contributed by atoms with Gasteiger partial charge in [-0.3, -0.25) is 9.88 Å². The van der Waals surface area contributed by atoms with Crippen molar-refractivity contribution in [1.82, 2.24) is 14.5 Å². The largest absolute Gasteiger partial charge is 0.497 e. The molecule has 4 aromatic rings. The number of carboxylic acid groups (broad SMARTS) is 1. The smallest absolute Gasteiger partial charge is 0.339 e. The molecule has 0 amide bonds. The number of methoxy groups -OCH3 is 1. The van der Waals surface area contributed by atoms with E-state index in [0.29, 0.717) is 24.0 Å². The lowest BCUT2D eigenvalue weighted by Crippen LogP contribution is -2.35. The Bertz CT molecular complexity index is 1360.